The third-order valence-electron chi connectivity index (χ3n) is 4.75. The zero-order valence-electron chi connectivity index (χ0n) is 12.6. The van der Waals surface area contributed by atoms with E-state index in [0.717, 1.165) is 12.2 Å². The van der Waals surface area contributed by atoms with Crippen LogP contribution in [0, 0.1) is 0 Å². The number of amides is 3. The summed E-state index contributed by atoms with van der Waals surface area (Å²) >= 11 is 1.79. The Morgan fingerprint density at radius 2 is 2.18 bits per heavy atom. The van der Waals surface area contributed by atoms with Crippen LogP contribution in [-0.2, 0) is 19.1 Å². The molecule has 3 heterocycles. The molecule has 3 saturated heterocycles. The smallest absolute Gasteiger partial charge is 0.249 e. The molecular formula is C14H21N3O4S. The van der Waals surface area contributed by atoms with E-state index in [-0.39, 0.29) is 29.7 Å². The molecule has 3 aliphatic heterocycles. The van der Waals surface area contributed by atoms with Crippen molar-refractivity contribution >= 4 is 29.5 Å². The van der Waals surface area contributed by atoms with E-state index in [1.165, 1.54) is 7.11 Å². The normalized spacial score (nSPS) is 34.3. The first kappa shape index (κ1) is 15.6. The fourth-order valence-electron chi connectivity index (χ4n) is 3.71. The van der Waals surface area contributed by atoms with Gasteiger partial charge in [-0.05, 0) is 19.3 Å². The molecule has 0 saturated carbocycles. The van der Waals surface area contributed by atoms with Gasteiger partial charge in [-0.25, -0.2) is 0 Å². The van der Waals surface area contributed by atoms with Gasteiger partial charge >= 0.3 is 0 Å². The summed E-state index contributed by atoms with van der Waals surface area (Å²) in [5.41, 5.74) is 5.46. The van der Waals surface area contributed by atoms with E-state index in [0.29, 0.717) is 19.4 Å². The molecular weight excluding hydrogens is 306 g/mol. The minimum Gasteiger partial charge on any atom is -0.375 e. The van der Waals surface area contributed by atoms with Gasteiger partial charge in [0.15, 0.2) is 0 Å². The van der Waals surface area contributed by atoms with Gasteiger partial charge in [0.2, 0.25) is 17.7 Å². The Hall–Kier alpha value is -1.28. The second-order valence-corrected chi connectivity index (χ2v) is 7.41. The van der Waals surface area contributed by atoms with Crippen LogP contribution in [0.15, 0.2) is 0 Å². The largest absolute Gasteiger partial charge is 0.375 e. The zero-order chi connectivity index (χ0) is 15.9. The van der Waals surface area contributed by atoms with Gasteiger partial charge in [-0.15, -0.1) is 0 Å². The van der Waals surface area contributed by atoms with Gasteiger partial charge in [0.25, 0.3) is 0 Å². The van der Waals surface area contributed by atoms with Crippen LogP contribution in [0.3, 0.4) is 0 Å². The van der Waals surface area contributed by atoms with E-state index in [2.05, 4.69) is 0 Å². The summed E-state index contributed by atoms with van der Waals surface area (Å²) in [4.78, 5) is 40.0. The fraction of sp³-hybridized carbons (Fsp3) is 0.786. The number of hydrogen-bond acceptors (Lipinski definition) is 5. The average Bonchev–Trinajstić information content (AvgIpc) is 3.08. The number of hydrogen-bond donors (Lipinski definition) is 1. The molecule has 8 heteroatoms. The molecule has 0 radical (unpaired) electrons. The van der Waals surface area contributed by atoms with Gasteiger partial charge in [-0.2, -0.15) is 11.8 Å². The zero-order valence-corrected chi connectivity index (χ0v) is 13.4. The highest BCUT2D eigenvalue weighted by Crippen LogP contribution is 2.37. The number of fused-ring (bicyclic) bond motifs is 3. The number of nitrogens with two attached hydrogens (primary N) is 1. The minimum atomic E-state index is -0.533. The molecule has 3 amide bonds. The van der Waals surface area contributed by atoms with Gasteiger partial charge in [-0.3, -0.25) is 14.4 Å². The molecule has 3 rings (SSSR count). The van der Waals surface area contributed by atoms with Crippen LogP contribution >= 0.6 is 11.8 Å². The average molecular weight is 327 g/mol. The number of methoxy groups -OCH3 is 1. The number of nitrogens with zero attached hydrogens (tertiary/aromatic N) is 2. The van der Waals surface area contributed by atoms with Crippen molar-refractivity contribution in [1.82, 2.24) is 9.80 Å². The molecule has 0 spiro atoms. The molecule has 7 nitrogen and oxygen atoms in total. The monoisotopic (exact) mass is 327 g/mol. The Morgan fingerprint density at radius 3 is 2.86 bits per heavy atom. The molecule has 1 unspecified atom stereocenters. The lowest BCUT2D eigenvalue weighted by molar-refractivity contribution is -0.148. The standard InChI is InChI=1S/C14H21N3O4S/c1-21-6-12(18)16-5-9-4-11(16)14(20)17-8(7-22-9)2-3-10(17)13(15)19/h8-11H,2-7H2,1H3,(H2,15,19)/t8?,9-,10+,11-/m1/s1. The van der Waals surface area contributed by atoms with Crippen LogP contribution in [0.2, 0.25) is 0 Å². The molecule has 0 aromatic rings. The Morgan fingerprint density at radius 1 is 1.41 bits per heavy atom. The highest BCUT2D eigenvalue weighted by Gasteiger charge is 2.49. The van der Waals surface area contributed by atoms with Crippen molar-refractivity contribution in [3.63, 3.8) is 0 Å². The van der Waals surface area contributed by atoms with E-state index < -0.39 is 18.0 Å². The van der Waals surface area contributed by atoms with E-state index >= 15 is 0 Å². The summed E-state index contributed by atoms with van der Waals surface area (Å²) in [6.07, 6.45) is 2.07. The van der Waals surface area contributed by atoms with Crippen LogP contribution < -0.4 is 5.73 Å². The summed E-state index contributed by atoms with van der Waals surface area (Å²) in [6, 6.07) is -0.963. The van der Waals surface area contributed by atoms with Gasteiger partial charge < -0.3 is 20.3 Å². The molecule has 22 heavy (non-hydrogen) atoms. The molecule has 3 aliphatic rings. The maximum atomic E-state index is 12.9. The molecule has 4 atom stereocenters. The van der Waals surface area contributed by atoms with E-state index in [1.54, 1.807) is 21.6 Å². The number of primary amides is 1. The topological polar surface area (TPSA) is 92.9 Å². The number of carbonyl (C=O) groups excluding carboxylic acids is 3. The van der Waals surface area contributed by atoms with Crippen LogP contribution in [0.1, 0.15) is 19.3 Å². The van der Waals surface area contributed by atoms with E-state index in [1.807, 2.05) is 0 Å². The SMILES string of the molecule is COCC(=O)N1C[C@H]2C[C@@H]1C(=O)N1C(CC[C@H]1C(N)=O)CS2. The minimum absolute atomic E-state index is 0.0240. The summed E-state index contributed by atoms with van der Waals surface area (Å²) < 4.78 is 4.91. The maximum Gasteiger partial charge on any atom is 0.249 e. The quantitative estimate of drug-likeness (QED) is 0.732. The predicted molar refractivity (Wildman–Crippen MR) is 81.1 cm³/mol. The first-order chi connectivity index (χ1) is 10.5. The maximum absolute atomic E-state index is 12.9. The van der Waals surface area contributed by atoms with Crippen LogP contribution in [0.5, 0.6) is 0 Å². The summed E-state index contributed by atoms with van der Waals surface area (Å²) in [7, 11) is 1.47. The van der Waals surface area contributed by atoms with Crippen molar-refractivity contribution in [2.75, 3.05) is 26.0 Å². The third-order valence-corrected chi connectivity index (χ3v) is 6.14. The lowest BCUT2D eigenvalue weighted by Crippen LogP contribution is -2.55. The lowest BCUT2D eigenvalue weighted by Gasteiger charge is -2.34. The highest BCUT2D eigenvalue weighted by atomic mass is 32.2. The van der Waals surface area contributed by atoms with E-state index in [9.17, 15) is 14.4 Å². The van der Waals surface area contributed by atoms with Gasteiger partial charge in [0, 0.05) is 30.7 Å². The van der Waals surface area contributed by atoms with Crippen molar-refractivity contribution < 1.29 is 19.1 Å². The molecule has 0 aliphatic carbocycles. The van der Waals surface area contributed by atoms with Gasteiger partial charge in [-0.1, -0.05) is 0 Å². The van der Waals surface area contributed by atoms with Crippen molar-refractivity contribution in [3.05, 3.63) is 0 Å². The Kier molecular flexibility index (Phi) is 4.31. The van der Waals surface area contributed by atoms with Crippen molar-refractivity contribution in [1.29, 1.82) is 0 Å². The number of thioether (sulfide) groups is 1. The first-order valence-electron chi connectivity index (χ1n) is 7.54. The Balaban J connectivity index is 1.86. The number of likely N-dealkylation sites (tertiary alicyclic amines) is 1. The molecule has 0 aromatic carbocycles. The van der Waals surface area contributed by atoms with Gasteiger partial charge in [0.05, 0.1) is 0 Å². The second-order valence-electron chi connectivity index (χ2n) is 6.08. The highest BCUT2D eigenvalue weighted by molar-refractivity contribution is 8.00. The van der Waals surface area contributed by atoms with Gasteiger partial charge in [0.1, 0.15) is 18.7 Å². The van der Waals surface area contributed by atoms with Crippen LogP contribution in [-0.4, -0.2) is 76.9 Å². The molecule has 122 valence electrons. The second kappa shape index (κ2) is 6.08. The van der Waals surface area contributed by atoms with E-state index in [4.69, 9.17) is 10.5 Å². The van der Waals surface area contributed by atoms with Crippen LogP contribution in [0.4, 0.5) is 0 Å². The number of ether oxygens (including phenoxy) is 1. The summed E-state index contributed by atoms with van der Waals surface area (Å²) in [5, 5.41) is 0.282. The molecule has 0 aromatic heterocycles. The summed E-state index contributed by atoms with van der Waals surface area (Å²) in [6.45, 7) is 0.551. The number of rotatable bonds is 3. The third kappa shape index (κ3) is 2.58. The molecule has 2 N–H and O–H groups in total. The summed E-state index contributed by atoms with van der Waals surface area (Å²) in [5.74, 6) is 0.0562. The first-order valence-corrected chi connectivity index (χ1v) is 8.59. The Bertz CT molecular complexity index is 500. The molecule has 2 bridgehead atoms. The number of carbonyl (C=O) groups is 3. The fourth-order valence-corrected chi connectivity index (χ4v) is 5.12. The van der Waals surface area contributed by atoms with Crippen molar-refractivity contribution in [2.45, 2.75) is 42.6 Å². The Labute approximate surface area is 133 Å². The lowest BCUT2D eigenvalue weighted by atomic mass is 10.1. The van der Waals surface area contributed by atoms with Crippen molar-refractivity contribution in [2.24, 2.45) is 5.73 Å². The predicted octanol–water partition coefficient (Wildman–Crippen LogP) is -0.806. The van der Waals surface area contributed by atoms with Crippen molar-refractivity contribution in [3.8, 4) is 0 Å². The van der Waals surface area contributed by atoms with Crippen LogP contribution in [0.25, 0.3) is 0 Å². The molecule has 3 fully saturated rings.